The van der Waals surface area contributed by atoms with Crippen LogP contribution in [0.2, 0.25) is 0 Å². The molecule has 9 nitrogen and oxygen atoms in total. The molecule has 1 aromatic rings. The molecule has 3 aliphatic heterocycles. The minimum Gasteiger partial charge on any atom is -0.481 e. The minimum absolute atomic E-state index is 0.0169. The second kappa shape index (κ2) is 12.7. The van der Waals surface area contributed by atoms with E-state index in [0.29, 0.717) is 44.1 Å². The lowest BCUT2D eigenvalue weighted by Crippen LogP contribution is -2.46. The molecule has 4 rings (SSSR count). The van der Waals surface area contributed by atoms with Crippen LogP contribution in [0.1, 0.15) is 63.4 Å². The zero-order chi connectivity index (χ0) is 25.5. The molecule has 1 aromatic carbocycles. The number of carbonyl (C=O) groups excluding carboxylic acids is 1. The molecule has 36 heavy (non-hydrogen) atoms. The van der Waals surface area contributed by atoms with E-state index in [-0.39, 0.29) is 37.3 Å². The van der Waals surface area contributed by atoms with Crippen LogP contribution in [-0.2, 0) is 14.3 Å². The van der Waals surface area contributed by atoms with Gasteiger partial charge in [-0.3, -0.25) is 14.5 Å². The number of carboxylic acids is 1. The Labute approximate surface area is 213 Å². The monoisotopic (exact) mass is 503 g/mol. The van der Waals surface area contributed by atoms with Crippen molar-refractivity contribution in [1.29, 1.82) is 0 Å². The second-order valence-electron chi connectivity index (χ2n) is 10.2. The highest BCUT2D eigenvalue weighted by Gasteiger charge is 2.47. The third-order valence-corrected chi connectivity index (χ3v) is 7.79. The third-order valence-electron chi connectivity index (χ3n) is 7.79. The normalized spacial score (nSPS) is 25.7. The quantitative estimate of drug-likeness (QED) is 0.448. The number of aliphatic carboxylic acids is 1. The molecule has 2 fully saturated rings. The number of ether oxygens (including phenoxy) is 3. The van der Waals surface area contributed by atoms with E-state index >= 15 is 0 Å². The molecule has 4 atom stereocenters. The lowest BCUT2D eigenvalue weighted by atomic mass is 9.83. The number of hydrogen-bond acceptors (Lipinski definition) is 7. The zero-order valence-electron chi connectivity index (χ0n) is 21.4. The molecule has 0 radical (unpaired) electrons. The Balaban J connectivity index is 1.56. The van der Waals surface area contributed by atoms with Gasteiger partial charge < -0.3 is 30.0 Å². The van der Waals surface area contributed by atoms with Crippen LogP contribution in [0.4, 0.5) is 0 Å². The van der Waals surface area contributed by atoms with Crippen molar-refractivity contribution in [2.24, 2.45) is 11.7 Å². The van der Waals surface area contributed by atoms with Crippen molar-refractivity contribution in [2.75, 3.05) is 46.1 Å². The second-order valence-corrected chi connectivity index (χ2v) is 10.2. The summed E-state index contributed by atoms with van der Waals surface area (Å²) in [5.74, 6) is -0.363. The Morgan fingerprint density at radius 3 is 2.72 bits per heavy atom. The van der Waals surface area contributed by atoms with Crippen molar-refractivity contribution in [3.63, 3.8) is 0 Å². The molecule has 3 aliphatic rings. The average Bonchev–Trinajstić information content (AvgIpc) is 3.50. The highest BCUT2D eigenvalue weighted by molar-refractivity contribution is 5.79. The number of rotatable bonds is 12. The summed E-state index contributed by atoms with van der Waals surface area (Å²) in [5.41, 5.74) is 6.70. The topological polar surface area (TPSA) is 115 Å². The highest BCUT2D eigenvalue weighted by Crippen LogP contribution is 2.43. The van der Waals surface area contributed by atoms with Gasteiger partial charge >= 0.3 is 5.97 Å². The van der Waals surface area contributed by atoms with Gasteiger partial charge in [0.05, 0.1) is 18.6 Å². The fraction of sp³-hybridized carbons (Fsp3) is 0.704. The molecule has 0 bridgehead atoms. The summed E-state index contributed by atoms with van der Waals surface area (Å²) in [5, 5.41) is 10.4. The Morgan fingerprint density at radius 1 is 1.17 bits per heavy atom. The number of carboxylic acid groups (broad SMARTS) is 1. The summed E-state index contributed by atoms with van der Waals surface area (Å²) in [7, 11) is 0. The van der Waals surface area contributed by atoms with Crippen LogP contribution >= 0.6 is 0 Å². The molecule has 3 heterocycles. The molecule has 1 amide bonds. The number of hydrogen-bond donors (Lipinski definition) is 2. The lowest BCUT2D eigenvalue weighted by molar-refractivity contribution is -0.144. The molecule has 0 aliphatic carbocycles. The highest BCUT2D eigenvalue weighted by atomic mass is 16.7. The first-order valence-electron chi connectivity index (χ1n) is 13.5. The van der Waals surface area contributed by atoms with E-state index in [9.17, 15) is 14.7 Å². The molecule has 0 spiro atoms. The van der Waals surface area contributed by atoms with Crippen LogP contribution in [0.5, 0.6) is 11.5 Å². The average molecular weight is 504 g/mol. The third kappa shape index (κ3) is 6.30. The first-order valence-corrected chi connectivity index (χ1v) is 13.5. The van der Waals surface area contributed by atoms with Gasteiger partial charge in [0.15, 0.2) is 11.5 Å². The molecule has 0 aromatic heterocycles. The van der Waals surface area contributed by atoms with Gasteiger partial charge in [0, 0.05) is 44.7 Å². The maximum absolute atomic E-state index is 13.3. The Kier molecular flexibility index (Phi) is 9.45. The molecule has 9 heteroatoms. The van der Waals surface area contributed by atoms with Crippen LogP contribution in [0.15, 0.2) is 18.2 Å². The standard InChI is InChI=1S/C27H41N3O6/c1-2-3-12-29(13-11-28)25(31)17-30-16-21(19-7-10-23-24(15-19)36-18-35-23)26(27(32)33)22(30)9-8-20-6-4-5-14-34-20/h7,10,15,20-22,26H,2-6,8-9,11-14,16-18,28H2,1H3,(H,32,33)/t20?,21-,22+,26?/m1/s1. The number of benzene rings is 1. The smallest absolute Gasteiger partial charge is 0.308 e. The Morgan fingerprint density at radius 2 is 2.00 bits per heavy atom. The van der Waals surface area contributed by atoms with E-state index in [1.165, 1.54) is 0 Å². The van der Waals surface area contributed by atoms with Gasteiger partial charge in [-0.25, -0.2) is 0 Å². The van der Waals surface area contributed by atoms with E-state index in [0.717, 1.165) is 50.7 Å². The molecule has 2 unspecified atom stereocenters. The lowest BCUT2D eigenvalue weighted by Gasteiger charge is -2.31. The number of carbonyl (C=O) groups is 2. The Hall–Kier alpha value is -2.36. The van der Waals surface area contributed by atoms with E-state index in [2.05, 4.69) is 11.8 Å². The predicted molar refractivity (Wildman–Crippen MR) is 135 cm³/mol. The van der Waals surface area contributed by atoms with Gasteiger partial charge in [0.2, 0.25) is 12.7 Å². The van der Waals surface area contributed by atoms with Gasteiger partial charge in [-0.1, -0.05) is 19.4 Å². The maximum atomic E-state index is 13.3. The van der Waals surface area contributed by atoms with Crippen molar-refractivity contribution in [2.45, 2.75) is 69.9 Å². The van der Waals surface area contributed by atoms with Crippen LogP contribution < -0.4 is 15.2 Å². The number of amides is 1. The van der Waals surface area contributed by atoms with Crippen molar-refractivity contribution < 1.29 is 28.9 Å². The molecular weight excluding hydrogens is 462 g/mol. The summed E-state index contributed by atoms with van der Waals surface area (Å²) < 4.78 is 17.0. The van der Waals surface area contributed by atoms with Crippen LogP contribution in [0.3, 0.4) is 0 Å². The summed E-state index contributed by atoms with van der Waals surface area (Å²) in [6, 6.07) is 5.43. The first-order chi connectivity index (χ1) is 17.5. The van der Waals surface area contributed by atoms with Crippen molar-refractivity contribution in [1.82, 2.24) is 9.80 Å². The molecule has 200 valence electrons. The van der Waals surface area contributed by atoms with E-state index in [4.69, 9.17) is 19.9 Å². The predicted octanol–water partition coefficient (Wildman–Crippen LogP) is 2.82. The summed E-state index contributed by atoms with van der Waals surface area (Å²) in [6.07, 6.45) is 6.80. The largest absolute Gasteiger partial charge is 0.481 e. The van der Waals surface area contributed by atoms with Gasteiger partial charge in [-0.05, 0) is 56.2 Å². The first kappa shape index (κ1) is 26.7. The maximum Gasteiger partial charge on any atom is 0.308 e. The van der Waals surface area contributed by atoms with Crippen molar-refractivity contribution in [3.05, 3.63) is 23.8 Å². The van der Waals surface area contributed by atoms with Crippen molar-refractivity contribution >= 4 is 11.9 Å². The van der Waals surface area contributed by atoms with E-state index in [1.807, 2.05) is 23.1 Å². The molecule has 3 N–H and O–H groups in total. The zero-order valence-corrected chi connectivity index (χ0v) is 21.4. The summed E-state index contributed by atoms with van der Waals surface area (Å²) in [4.78, 5) is 29.9. The minimum atomic E-state index is -0.827. The van der Waals surface area contributed by atoms with E-state index in [1.54, 1.807) is 0 Å². The number of nitrogens with two attached hydrogens (primary N) is 1. The van der Waals surface area contributed by atoms with Crippen LogP contribution in [-0.4, -0.2) is 85.1 Å². The van der Waals surface area contributed by atoms with Crippen molar-refractivity contribution in [3.8, 4) is 11.5 Å². The summed E-state index contributed by atoms with van der Waals surface area (Å²) in [6.45, 7) is 5.35. The number of unbranched alkanes of at least 4 members (excludes halogenated alkanes) is 1. The molecular formula is C27H41N3O6. The number of fused-ring (bicyclic) bond motifs is 1. The van der Waals surface area contributed by atoms with Crippen LogP contribution in [0, 0.1) is 5.92 Å². The fourth-order valence-electron chi connectivity index (χ4n) is 5.87. The van der Waals surface area contributed by atoms with Gasteiger partial charge in [-0.15, -0.1) is 0 Å². The number of nitrogens with zero attached hydrogens (tertiary/aromatic N) is 2. The van der Waals surface area contributed by atoms with Gasteiger partial charge in [0.25, 0.3) is 0 Å². The summed E-state index contributed by atoms with van der Waals surface area (Å²) >= 11 is 0. The van der Waals surface area contributed by atoms with Gasteiger partial charge in [-0.2, -0.15) is 0 Å². The Bertz CT molecular complexity index is 890. The van der Waals surface area contributed by atoms with Crippen LogP contribution in [0.25, 0.3) is 0 Å². The number of likely N-dealkylation sites (tertiary alicyclic amines) is 1. The molecule has 0 saturated carbocycles. The molecule has 2 saturated heterocycles. The SMILES string of the molecule is CCCCN(CCN)C(=O)CN1C[C@H](c2ccc3c(c2)OCO3)C(C(=O)O)[C@@H]1CCC1CCCCO1. The fourth-order valence-corrected chi connectivity index (χ4v) is 5.87. The van der Waals surface area contributed by atoms with E-state index < -0.39 is 11.9 Å². The van der Waals surface area contributed by atoms with Gasteiger partial charge in [0.1, 0.15) is 0 Å².